The van der Waals surface area contributed by atoms with Crippen molar-refractivity contribution in [3.05, 3.63) is 44.7 Å². The SMILES string of the molecule is CCNCc1nc(N2CCc3sccc3C2)ccc1Cl. The summed E-state index contributed by atoms with van der Waals surface area (Å²) in [5, 5.41) is 6.20. The van der Waals surface area contributed by atoms with Crippen LogP contribution in [0.3, 0.4) is 0 Å². The van der Waals surface area contributed by atoms with Crippen LogP contribution in [0, 0.1) is 0 Å². The van der Waals surface area contributed by atoms with Crippen LogP contribution in [0.15, 0.2) is 23.6 Å². The second kappa shape index (κ2) is 6.12. The molecule has 0 amide bonds. The molecule has 0 atom stereocenters. The molecule has 0 radical (unpaired) electrons. The normalized spacial score (nSPS) is 14.4. The fraction of sp³-hybridized carbons (Fsp3) is 0.400. The van der Waals surface area contributed by atoms with E-state index in [1.165, 1.54) is 10.4 Å². The quantitative estimate of drug-likeness (QED) is 0.937. The first-order chi connectivity index (χ1) is 9.78. The first kappa shape index (κ1) is 13.9. The standard InChI is InChI=1S/C15H18ClN3S/c1-2-17-9-13-12(16)3-4-15(18-13)19-7-5-14-11(10-19)6-8-20-14/h3-4,6,8,17H,2,5,7,9-10H2,1H3. The highest BCUT2D eigenvalue weighted by atomic mass is 35.5. The Morgan fingerprint density at radius 2 is 2.30 bits per heavy atom. The summed E-state index contributed by atoms with van der Waals surface area (Å²) in [6, 6.07) is 6.20. The molecule has 5 heteroatoms. The lowest BCUT2D eigenvalue weighted by Gasteiger charge is -2.28. The average Bonchev–Trinajstić information content (AvgIpc) is 2.94. The van der Waals surface area contributed by atoms with Crippen molar-refractivity contribution in [1.29, 1.82) is 0 Å². The molecule has 3 rings (SSSR count). The minimum absolute atomic E-state index is 0.723. The minimum atomic E-state index is 0.723. The monoisotopic (exact) mass is 307 g/mol. The van der Waals surface area contributed by atoms with Crippen molar-refractivity contribution in [1.82, 2.24) is 10.3 Å². The van der Waals surface area contributed by atoms with E-state index >= 15 is 0 Å². The number of nitrogens with one attached hydrogen (secondary N) is 1. The van der Waals surface area contributed by atoms with E-state index in [4.69, 9.17) is 16.6 Å². The molecule has 1 aliphatic heterocycles. The average molecular weight is 308 g/mol. The Labute approximate surface area is 128 Å². The maximum absolute atomic E-state index is 6.22. The van der Waals surface area contributed by atoms with Crippen molar-refractivity contribution in [2.75, 3.05) is 18.0 Å². The molecule has 0 aromatic carbocycles. The Balaban J connectivity index is 1.80. The molecule has 0 bridgehead atoms. The zero-order chi connectivity index (χ0) is 13.9. The van der Waals surface area contributed by atoms with Gasteiger partial charge in [-0.2, -0.15) is 0 Å². The topological polar surface area (TPSA) is 28.2 Å². The van der Waals surface area contributed by atoms with Crippen molar-refractivity contribution in [2.45, 2.75) is 26.4 Å². The first-order valence-corrected chi connectivity index (χ1v) is 8.20. The summed E-state index contributed by atoms with van der Waals surface area (Å²) >= 11 is 8.08. The number of nitrogens with zero attached hydrogens (tertiary/aromatic N) is 2. The van der Waals surface area contributed by atoms with Crippen LogP contribution in [0.25, 0.3) is 0 Å². The summed E-state index contributed by atoms with van der Waals surface area (Å²) < 4.78 is 0. The van der Waals surface area contributed by atoms with Gasteiger partial charge in [-0.15, -0.1) is 11.3 Å². The number of pyridine rings is 1. The molecule has 0 saturated carbocycles. The highest BCUT2D eigenvalue weighted by molar-refractivity contribution is 7.10. The highest BCUT2D eigenvalue weighted by Gasteiger charge is 2.19. The third-order valence-corrected chi connectivity index (χ3v) is 4.95. The number of anilines is 1. The van der Waals surface area contributed by atoms with Crippen LogP contribution in [0.1, 0.15) is 23.1 Å². The fourth-order valence-electron chi connectivity index (χ4n) is 2.46. The Kier molecular flexibility index (Phi) is 4.24. The van der Waals surface area contributed by atoms with Crippen LogP contribution in [-0.4, -0.2) is 18.1 Å². The van der Waals surface area contributed by atoms with Crippen LogP contribution in [0.2, 0.25) is 5.02 Å². The summed E-state index contributed by atoms with van der Waals surface area (Å²) in [5.74, 6) is 1.03. The zero-order valence-corrected chi connectivity index (χ0v) is 13.1. The smallest absolute Gasteiger partial charge is 0.129 e. The first-order valence-electron chi connectivity index (χ1n) is 6.94. The second-order valence-electron chi connectivity index (χ2n) is 4.92. The summed E-state index contributed by atoms with van der Waals surface area (Å²) in [7, 11) is 0. The lowest BCUT2D eigenvalue weighted by atomic mass is 10.1. The molecule has 3 nitrogen and oxygen atoms in total. The number of aromatic nitrogens is 1. The molecule has 1 aliphatic rings. The summed E-state index contributed by atoms with van der Waals surface area (Å²) in [6.45, 7) is 5.71. The molecule has 106 valence electrons. The largest absolute Gasteiger partial charge is 0.352 e. The van der Waals surface area contributed by atoms with Crippen molar-refractivity contribution in [3.8, 4) is 0 Å². The van der Waals surface area contributed by atoms with Crippen molar-refractivity contribution < 1.29 is 0 Å². The minimum Gasteiger partial charge on any atom is -0.352 e. The van der Waals surface area contributed by atoms with Gasteiger partial charge in [-0.1, -0.05) is 18.5 Å². The zero-order valence-electron chi connectivity index (χ0n) is 11.5. The molecule has 20 heavy (non-hydrogen) atoms. The van der Waals surface area contributed by atoms with Gasteiger partial charge in [0.25, 0.3) is 0 Å². The lowest BCUT2D eigenvalue weighted by Crippen LogP contribution is -2.30. The van der Waals surface area contributed by atoms with Crippen molar-refractivity contribution in [3.63, 3.8) is 0 Å². The molecule has 1 N–H and O–H groups in total. The van der Waals surface area contributed by atoms with E-state index in [0.29, 0.717) is 0 Å². The highest BCUT2D eigenvalue weighted by Crippen LogP contribution is 2.28. The fourth-order valence-corrected chi connectivity index (χ4v) is 3.52. The van der Waals surface area contributed by atoms with Crippen molar-refractivity contribution >= 4 is 28.8 Å². The number of halogens is 1. The van der Waals surface area contributed by atoms with Crippen LogP contribution in [0.5, 0.6) is 0 Å². The van der Waals surface area contributed by atoms with Gasteiger partial charge in [0, 0.05) is 24.5 Å². The predicted octanol–water partition coefficient (Wildman–Crippen LogP) is 3.47. The number of fused-ring (bicyclic) bond motifs is 1. The maximum atomic E-state index is 6.22. The Morgan fingerprint density at radius 1 is 1.40 bits per heavy atom. The van der Waals surface area contributed by atoms with Gasteiger partial charge in [0.05, 0.1) is 10.7 Å². The van der Waals surface area contributed by atoms with Crippen LogP contribution in [-0.2, 0) is 19.5 Å². The van der Waals surface area contributed by atoms with E-state index in [0.717, 1.165) is 49.1 Å². The summed E-state index contributed by atoms with van der Waals surface area (Å²) in [4.78, 5) is 8.58. The lowest BCUT2D eigenvalue weighted by molar-refractivity contribution is 0.697. The van der Waals surface area contributed by atoms with Crippen molar-refractivity contribution in [2.24, 2.45) is 0 Å². The molecule has 2 aromatic rings. The Hall–Kier alpha value is -1.10. The van der Waals surface area contributed by atoms with Gasteiger partial charge in [-0.05, 0) is 42.1 Å². The third kappa shape index (κ3) is 2.82. The van der Waals surface area contributed by atoms with Gasteiger partial charge in [0.15, 0.2) is 0 Å². The van der Waals surface area contributed by atoms with E-state index in [1.54, 1.807) is 0 Å². The van der Waals surface area contributed by atoms with E-state index in [2.05, 4.69) is 28.6 Å². The van der Waals surface area contributed by atoms with Gasteiger partial charge in [-0.3, -0.25) is 0 Å². The molecular formula is C15H18ClN3S. The van der Waals surface area contributed by atoms with E-state index in [1.807, 2.05) is 23.5 Å². The van der Waals surface area contributed by atoms with Gasteiger partial charge in [0.1, 0.15) is 5.82 Å². The van der Waals surface area contributed by atoms with Crippen LogP contribution < -0.4 is 10.2 Å². The van der Waals surface area contributed by atoms with Gasteiger partial charge < -0.3 is 10.2 Å². The number of rotatable bonds is 4. The predicted molar refractivity (Wildman–Crippen MR) is 85.7 cm³/mol. The molecule has 0 saturated heterocycles. The molecule has 0 spiro atoms. The van der Waals surface area contributed by atoms with Crippen LogP contribution in [0.4, 0.5) is 5.82 Å². The number of hydrogen-bond acceptors (Lipinski definition) is 4. The number of thiophene rings is 1. The number of hydrogen-bond donors (Lipinski definition) is 1. The molecule has 2 aromatic heterocycles. The molecule has 0 fully saturated rings. The Morgan fingerprint density at radius 3 is 3.15 bits per heavy atom. The molecule has 3 heterocycles. The van der Waals surface area contributed by atoms with E-state index in [9.17, 15) is 0 Å². The second-order valence-corrected chi connectivity index (χ2v) is 6.33. The molecular weight excluding hydrogens is 290 g/mol. The molecule has 0 aliphatic carbocycles. The molecule has 0 unspecified atom stereocenters. The summed E-state index contributed by atoms with van der Waals surface area (Å²) in [6.07, 6.45) is 1.11. The van der Waals surface area contributed by atoms with Gasteiger partial charge >= 0.3 is 0 Å². The van der Waals surface area contributed by atoms with E-state index in [-0.39, 0.29) is 0 Å². The maximum Gasteiger partial charge on any atom is 0.129 e. The van der Waals surface area contributed by atoms with Gasteiger partial charge in [0.2, 0.25) is 0 Å². The van der Waals surface area contributed by atoms with Crippen LogP contribution >= 0.6 is 22.9 Å². The summed E-state index contributed by atoms with van der Waals surface area (Å²) in [5.41, 5.74) is 2.37. The Bertz CT molecular complexity index is 597. The third-order valence-electron chi connectivity index (χ3n) is 3.58. The van der Waals surface area contributed by atoms with E-state index < -0.39 is 0 Å². The van der Waals surface area contributed by atoms with Gasteiger partial charge in [-0.25, -0.2) is 4.98 Å².